The lowest BCUT2D eigenvalue weighted by molar-refractivity contribution is -0.139. The first-order valence-electron chi connectivity index (χ1n) is 6.10. The second-order valence-electron chi connectivity index (χ2n) is 5.02. The molecule has 4 heteroatoms. The Morgan fingerprint density at radius 3 is 2.62 bits per heavy atom. The Morgan fingerprint density at radius 2 is 2.06 bits per heavy atom. The van der Waals surface area contributed by atoms with E-state index < -0.39 is 12.1 Å². The van der Waals surface area contributed by atoms with Crippen LogP contribution in [0.25, 0.3) is 0 Å². The molecule has 0 radical (unpaired) electrons. The molecular weight excluding hydrogens is 206 g/mol. The minimum atomic E-state index is -0.933. The molecule has 0 aromatic heterocycles. The standard InChI is InChI=1S/C12H23NO3/c1-9-5-3-4-6-11(9)13(2)8-10(14)7-12(15)16/h9-11,14H,3-8H2,1-2H3,(H,15,16). The molecule has 0 aliphatic heterocycles. The zero-order chi connectivity index (χ0) is 12.1. The van der Waals surface area contributed by atoms with E-state index in [1.807, 2.05) is 7.05 Å². The van der Waals surface area contributed by atoms with Crippen molar-refractivity contribution >= 4 is 5.97 Å². The number of aliphatic hydroxyl groups excluding tert-OH is 1. The van der Waals surface area contributed by atoms with Gasteiger partial charge in [0.05, 0.1) is 12.5 Å². The van der Waals surface area contributed by atoms with E-state index in [9.17, 15) is 9.90 Å². The molecule has 1 aliphatic rings. The molecule has 0 heterocycles. The molecule has 3 atom stereocenters. The van der Waals surface area contributed by atoms with Crippen LogP contribution in [-0.2, 0) is 4.79 Å². The second-order valence-corrected chi connectivity index (χ2v) is 5.02. The maximum atomic E-state index is 10.5. The number of hydrogen-bond donors (Lipinski definition) is 2. The molecule has 3 unspecified atom stereocenters. The highest BCUT2D eigenvalue weighted by atomic mass is 16.4. The van der Waals surface area contributed by atoms with E-state index in [0.717, 1.165) is 6.42 Å². The van der Waals surface area contributed by atoms with Gasteiger partial charge in [0.25, 0.3) is 0 Å². The van der Waals surface area contributed by atoms with Crippen molar-refractivity contribution in [1.82, 2.24) is 4.90 Å². The van der Waals surface area contributed by atoms with Gasteiger partial charge in [-0.2, -0.15) is 0 Å². The molecule has 1 saturated carbocycles. The fourth-order valence-corrected chi connectivity index (χ4v) is 2.69. The first-order valence-corrected chi connectivity index (χ1v) is 6.10. The van der Waals surface area contributed by atoms with Gasteiger partial charge < -0.3 is 15.1 Å². The summed E-state index contributed by atoms with van der Waals surface area (Å²) >= 11 is 0. The summed E-state index contributed by atoms with van der Waals surface area (Å²) in [4.78, 5) is 12.6. The zero-order valence-corrected chi connectivity index (χ0v) is 10.2. The van der Waals surface area contributed by atoms with Gasteiger partial charge in [-0.05, 0) is 25.8 Å². The van der Waals surface area contributed by atoms with E-state index in [1.54, 1.807) is 0 Å². The van der Waals surface area contributed by atoms with Gasteiger partial charge in [-0.25, -0.2) is 0 Å². The van der Waals surface area contributed by atoms with E-state index in [2.05, 4.69) is 11.8 Å². The number of nitrogens with zero attached hydrogens (tertiary/aromatic N) is 1. The monoisotopic (exact) mass is 229 g/mol. The molecule has 1 fully saturated rings. The van der Waals surface area contributed by atoms with Gasteiger partial charge in [0, 0.05) is 12.6 Å². The summed E-state index contributed by atoms with van der Waals surface area (Å²) in [5.74, 6) is -0.284. The van der Waals surface area contributed by atoms with E-state index in [-0.39, 0.29) is 6.42 Å². The van der Waals surface area contributed by atoms with Crippen molar-refractivity contribution in [1.29, 1.82) is 0 Å². The Morgan fingerprint density at radius 1 is 1.44 bits per heavy atom. The molecule has 0 saturated heterocycles. The van der Waals surface area contributed by atoms with Crippen LogP contribution in [0.3, 0.4) is 0 Å². The molecule has 2 N–H and O–H groups in total. The first kappa shape index (κ1) is 13.5. The van der Waals surface area contributed by atoms with Crippen molar-refractivity contribution in [3.8, 4) is 0 Å². The fourth-order valence-electron chi connectivity index (χ4n) is 2.69. The Balaban J connectivity index is 2.37. The van der Waals surface area contributed by atoms with Gasteiger partial charge in [0.1, 0.15) is 0 Å². The number of carbonyl (C=O) groups is 1. The van der Waals surface area contributed by atoms with Crippen molar-refractivity contribution in [2.75, 3.05) is 13.6 Å². The van der Waals surface area contributed by atoms with E-state index in [0.29, 0.717) is 18.5 Å². The van der Waals surface area contributed by atoms with Gasteiger partial charge in [-0.1, -0.05) is 19.8 Å². The number of aliphatic carboxylic acids is 1. The number of carboxylic acid groups (broad SMARTS) is 1. The SMILES string of the molecule is CC1CCCCC1N(C)CC(O)CC(=O)O. The smallest absolute Gasteiger partial charge is 0.306 e. The first-order chi connectivity index (χ1) is 7.50. The topological polar surface area (TPSA) is 60.8 Å². The Kier molecular flexibility index (Phi) is 5.22. The largest absolute Gasteiger partial charge is 0.481 e. The predicted octanol–water partition coefficient (Wildman–Crippen LogP) is 1.33. The van der Waals surface area contributed by atoms with Crippen molar-refractivity contribution in [3.05, 3.63) is 0 Å². The molecule has 0 aromatic carbocycles. The van der Waals surface area contributed by atoms with Gasteiger partial charge in [0.2, 0.25) is 0 Å². The third-order valence-corrected chi connectivity index (χ3v) is 3.54. The summed E-state index contributed by atoms with van der Waals surface area (Å²) in [5, 5.41) is 18.2. The normalized spacial score (nSPS) is 28.0. The molecule has 0 amide bonds. The molecule has 1 aliphatic carbocycles. The Labute approximate surface area is 97.3 Å². The Bertz CT molecular complexity index is 232. The molecule has 94 valence electrons. The predicted molar refractivity (Wildman–Crippen MR) is 62.3 cm³/mol. The minimum Gasteiger partial charge on any atom is -0.481 e. The number of rotatable bonds is 5. The molecule has 0 aromatic rings. The molecule has 16 heavy (non-hydrogen) atoms. The van der Waals surface area contributed by atoms with E-state index >= 15 is 0 Å². The van der Waals surface area contributed by atoms with Crippen LogP contribution < -0.4 is 0 Å². The van der Waals surface area contributed by atoms with Crippen molar-refractivity contribution in [2.24, 2.45) is 5.92 Å². The summed E-state index contributed by atoms with van der Waals surface area (Å²) in [5.41, 5.74) is 0. The third kappa shape index (κ3) is 4.10. The number of likely N-dealkylation sites (N-methyl/N-ethyl adjacent to an activating group) is 1. The highest BCUT2D eigenvalue weighted by Gasteiger charge is 2.26. The lowest BCUT2D eigenvalue weighted by Crippen LogP contribution is -2.43. The lowest BCUT2D eigenvalue weighted by Gasteiger charge is -2.37. The minimum absolute atomic E-state index is 0.161. The van der Waals surface area contributed by atoms with Crippen LogP contribution >= 0.6 is 0 Å². The van der Waals surface area contributed by atoms with Crippen molar-refractivity contribution < 1.29 is 15.0 Å². The molecule has 0 spiro atoms. The lowest BCUT2D eigenvalue weighted by atomic mass is 9.85. The van der Waals surface area contributed by atoms with E-state index in [4.69, 9.17) is 5.11 Å². The van der Waals surface area contributed by atoms with E-state index in [1.165, 1.54) is 19.3 Å². The average molecular weight is 229 g/mol. The maximum absolute atomic E-state index is 10.5. The fraction of sp³-hybridized carbons (Fsp3) is 0.917. The molecule has 1 rings (SSSR count). The maximum Gasteiger partial charge on any atom is 0.306 e. The number of carboxylic acids is 1. The molecular formula is C12H23NO3. The average Bonchev–Trinajstić information content (AvgIpc) is 2.16. The van der Waals surface area contributed by atoms with Crippen LogP contribution in [0.1, 0.15) is 39.0 Å². The number of hydrogen-bond acceptors (Lipinski definition) is 3. The van der Waals surface area contributed by atoms with Crippen LogP contribution in [0, 0.1) is 5.92 Å². The van der Waals surface area contributed by atoms with Crippen LogP contribution in [0.15, 0.2) is 0 Å². The highest BCUT2D eigenvalue weighted by molar-refractivity contribution is 5.67. The van der Waals surface area contributed by atoms with Crippen LogP contribution in [0.5, 0.6) is 0 Å². The third-order valence-electron chi connectivity index (χ3n) is 3.54. The van der Waals surface area contributed by atoms with Crippen molar-refractivity contribution in [3.63, 3.8) is 0 Å². The van der Waals surface area contributed by atoms with Crippen LogP contribution in [0.2, 0.25) is 0 Å². The number of aliphatic hydroxyl groups is 1. The molecule has 0 bridgehead atoms. The van der Waals surface area contributed by atoms with Crippen LogP contribution in [0.4, 0.5) is 0 Å². The van der Waals surface area contributed by atoms with Gasteiger partial charge in [0.15, 0.2) is 0 Å². The summed E-state index contributed by atoms with van der Waals surface area (Å²) in [6, 6.07) is 0.497. The van der Waals surface area contributed by atoms with Gasteiger partial charge in [-0.3, -0.25) is 4.79 Å². The van der Waals surface area contributed by atoms with Crippen molar-refractivity contribution in [2.45, 2.75) is 51.2 Å². The van der Waals surface area contributed by atoms with Gasteiger partial charge >= 0.3 is 5.97 Å². The second kappa shape index (κ2) is 6.21. The highest BCUT2D eigenvalue weighted by Crippen LogP contribution is 2.27. The summed E-state index contributed by atoms with van der Waals surface area (Å²) in [6.07, 6.45) is 4.03. The quantitative estimate of drug-likeness (QED) is 0.746. The Hall–Kier alpha value is -0.610. The zero-order valence-electron chi connectivity index (χ0n) is 10.2. The molecule has 4 nitrogen and oxygen atoms in total. The summed E-state index contributed by atoms with van der Waals surface area (Å²) in [7, 11) is 1.98. The summed E-state index contributed by atoms with van der Waals surface area (Å²) in [6.45, 7) is 2.70. The summed E-state index contributed by atoms with van der Waals surface area (Å²) < 4.78 is 0. The van der Waals surface area contributed by atoms with Crippen LogP contribution in [-0.4, -0.2) is 46.8 Å². The van der Waals surface area contributed by atoms with Gasteiger partial charge in [-0.15, -0.1) is 0 Å².